The first-order valence-electron chi connectivity index (χ1n) is 2.61. The molecule has 0 rings (SSSR count). The molecule has 0 spiro atoms. The molecule has 0 heterocycles. The summed E-state index contributed by atoms with van der Waals surface area (Å²) in [5.74, 6) is -0.00755. The van der Waals surface area contributed by atoms with E-state index in [-0.39, 0.29) is 12.1 Å². The topological polar surface area (TPSA) is 41.1 Å². The van der Waals surface area contributed by atoms with Crippen molar-refractivity contribution in [1.29, 1.82) is 0 Å². The van der Waals surface area contributed by atoms with Crippen molar-refractivity contribution in [2.75, 3.05) is 7.05 Å². The molecular formula is C5H12N2O. The second-order valence-corrected chi connectivity index (χ2v) is 1.71. The molecule has 1 unspecified atom stereocenters. The van der Waals surface area contributed by atoms with Crippen LogP contribution in [0, 0.1) is 0 Å². The van der Waals surface area contributed by atoms with Crippen LogP contribution >= 0.6 is 0 Å². The van der Waals surface area contributed by atoms with Crippen LogP contribution in [-0.4, -0.2) is 19.1 Å². The smallest absolute Gasteiger partial charge is 0.218 e. The van der Waals surface area contributed by atoms with Crippen LogP contribution in [0.15, 0.2) is 0 Å². The zero-order valence-electron chi connectivity index (χ0n) is 5.49. The van der Waals surface area contributed by atoms with E-state index in [0.29, 0.717) is 0 Å². The Hall–Kier alpha value is -0.570. The van der Waals surface area contributed by atoms with Crippen molar-refractivity contribution in [3.05, 3.63) is 0 Å². The first-order valence-corrected chi connectivity index (χ1v) is 2.61. The summed E-state index contributed by atoms with van der Waals surface area (Å²) in [5, 5.41) is 5.51. The van der Waals surface area contributed by atoms with Gasteiger partial charge in [0.2, 0.25) is 5.91 Å². The molecule has 0 aliphatic rings. The predicted molar refractivity (Wildman–Crippen MR) is 32.3 cm³/mol. The van der Waals surface area contributed by atoms with E-state index in [2.05, 4.69) is 10.6 Å². The average molecular weight is 116 g/mol. The Morgan fingerprint density at radius 2 is 2.12 bits per heavy atom. The fourth-order valence-electron chi connectivity index (χ4n) is 0.377. The molecule has 0 aromatic carbocycles. The number of hydrogen-bond acceptors (Lipinski definition) is 2. The molecule has 0 saturated carbocycles. The molecular weight excluding hydrogens is 104 g/mol. The maximum Gasteiger partial charge on any atom is 0.218 e. The molecule has 1 atom stereocenters. The highest BCUT2D eigenvalue weighted by Gasteiger charge is 1.95. The van der Waals surface area contributed by atoms with Gasteiger partial charge in [-0.2, -0.15) is 0 Å². The van der Waals surface area contributed by atoms with E-state index >= 15 is 0 Å². The van der Waals surface area contributed by atoms with Gasteiger partial charge in [-0.3, -0.25) is 4.79 Å². The lowest BCUT2D eigenvalue weighted by molar-refractivity contribution is -0.119. The Labute approximate surface area is 49.5 Å². The van der Waals surface area contributed by atoms with E-state index in [1.54, 1.807) is 7.05 Å². The summed E-state index contributed by atoms with van der Waals surface area (Å²) in [7, 11) is 1.79. The predicted octanol–water partition coefficient (Wildman–Crippen LogP) is -0.312. The standard InChI is InChI=1S/C5H12N2O/c1-4(6-3)7-5(2)8/h4,6H,1-3H3,(H,7,8). The minimum absolute atomic E-state index is 0.00755. The number of carbonyl (C=O) groups is 1. The first kappa shape index (κ1) is 7.43. The molecule has 2 N–H and O–H groups in total. The van der Waals surface area contributed by atoms with Gasteiger partial charge >= 0.3 is 0 Å². The van der Waals surface area contributed by atoms with E-state index in [9.17, 15) is 4.79 Å². The fraction of sp³-hybridized carbons (Fsp3) is 0.800. The molecule has 0 fully saturated rings. The molecule has 1 amide bonds. The minimum atomic E-state index is -0.00755. The van der Waals surface area contributed by atoms with E-state index in [1.807, 2.05) is 6.92 Å². The molecule has 3 heteroatoms. The van der Waals surface area contributed by atoms with Crippen LogP contribution < -0.4 is 10.6 Å². The molecule has 0 aliphatic heterocycles. The number of hydrogen-bond donors (Lipinski definition) is 2. The summed E-state index contributed by atoms with van der Waals surface area (Å²) < 4.78 is 0. The largest absolute Gasteiger partial charge is 0.341 e. The van der Waals surface area contributed by atoms with Crippen LogP contribution in [0.3, 0.4) is 0 Å². The normalized spacial score (nSPS) is 12.9. The fourth-order valence-corrected chi connectivity index (χ4v) is 0.377. The molecule has 8 heavy (non-hydrogen) atoms. The summed E-state index contributed by atoms with van der Waals surface area (Å²) in [4.78, 5) is 10.3. The lowest BCUT2D eigenvalue weighted by Gasteiger charge is -2.09. The van der Waals surface area contributed by atoms with Gasteiger partial charge in [0.1, 0.15) is 0 Å². The van der Waals surface area contributed by atoms with Crippen molar-refractivity contribution in [3.8, 4) is 0 Å². The Balaban J connectivity index is 3.24. The van der Waals surface area contributed by atoms with Gasteiger partial charge in [-0.25, -0.2) is 0 Å². The maximum absolute atomic E-state index is 10.3. The number of amides is 1. The summed E-state index contributed by atoms with van der Waals surface area (Å²) in [6.45, 7) is 3.37. The summed E-state index contributed by atoms with van der Waals surface area (Å²) in [6, 6.07) is 0. The minimum Gasteiger partial charge on any atom is -0.341 e. The number of carbonyl (C=O) groups excluding carboxylic acids is 1. The number of rotatable bonds is 2. The van der Waals surface area contributed by atoms with Crippen molar-refractivity contribution >= 4 is 5.91 Å². The zero-order valence-corrected chi connectivity index (χ0v) is 5.49. The van der Waals surface area contributed by atoms with Gasteiger partial charge in [0.05, 0.1) is 6.17 Å². The van der Waals surface area contributed by atoms with Gasteiger partial charge in [0.25, 0.3) is 0 Å². The van der Waals surface area contributed by atoms with Crippen LogP contribution in [-0.2, 0) is 4.79 Å². The zero-order chi connectivity index (χ0) is 6.57. The van der Waals surface area contributed by atoms with Crippen LogP contribution in [0.1, 0.15) is 13.8 Å². The van der Waals surface area contributed by atoms with Gasteiger partial charge < -0.3 is 10.6 Å². The molecule has 0 radical (unpaired) electrons. The monoisotopic (exact) mass is 116 g/mol. The van der Waals surface area contributed by atoms with Gasteiger partial charge in [-0.05, 0) is 14.0 Å². The third kappa shape index (κ3) is 3.61. The van der Waals surface area contributed by atoms with Crippen LogP contribution in [0.25, 0.3) is 0 Å². The van der Waals surface area contributed by atoms with Gasteiger partial charge in [-0.15, -0.1) is 0 Å². The summed E-state index contributed by atoms with van der Waals surface area (Å²) in [5.41, 5.74) is 0. The third-order valence-corrected chi connectivity index (χ3v) is 0.853. The van der Waals surface area contributed by atoms with Crippen molar-refractivity contribution in [3.63, 3.8) is 0 Å². The third-order valence-electron chi connectivity index (χ3n) is 0.853. The SMILES string of the molecule is CNC(C)NC(C)=O. The molecule has 0 aromatic heterocycles. The van der Waals surface area contributed by atoms with Crippen LogP contribution in [0.4, 0.5) is 0 Å². The Morgan fingerprint density at radius 3 is 2.25 bits per heavy atom. The van der Waals surface area contributed by atoms with Crippen LogP contribution in [0.5, 0.6) is 0 Å². The van der Waals surface area contributed by atoms with Crippen molar-refractivity contribution < 1.29 is 4.79 Å². The second-order valence-electron chi connectivity index (χ2n) is 1.71. The second kappa shape index (κ2) is 3.43. The number of nitrogens with one attached hydrogen (secondary N) is 2. The quantitative estimate of drug-likeness (QED) is 0.486. The average Bonchev–Trinajstić information content (AvgIpc) is 1.65. The lowest BCUT2D eigenvalue weighted by atomic mass is 10.5. The van der Waals surface area contributed by atoms with E-state index in [4.69, 9.17) is 0 Å². The molecule has 0 aliphatic carbocycles. The van der Waals surface area contributed by atoms with E-state index < -0.39 is 0 Å². The molecule has 0 saturated heterocycles. The summed E-state index contributed by atoms with van der Waals surface area (Å²) >= 11 is 0. The van der Waals surface area contributed by atoms with E-state index in [1.165, 1.54) is 6.92 Å². The van der Waals surface area contributed by atoms with E-state index in [0.717, 1.165) is 0 Å². The highest BCUT2D eigenvalue weighted by molar-refractivity contribution is 5.73. The van der Waals surface area contributed by atoms with Crippen LogP contribution in [0.2, 0.25) is 0 Å². The molecule has 0 bridgehead atoms. The highest BCUT2D eigenvalue weighted by atomic mass is 16.1. The van der Waals surface area contributed by atoms with Gasteiger partial charge in [0, 0.05) is 6.92 Å². The Kier molecular flexibility index (Phi) is 3.19. The van der Waals surface area contributed by atoms with Crippen molar-refractivity contribution in [1.82, 2.24) is 10.6 Å². The van der Waals surface area contributed by atoms with Gasteiger partial charge in [-0.1, -0.05) is 0 Å². The Morgan fingerprint density at radius 1 is 1.62 bits per heavy atom. The molecule has 3 nitrogen and oxygen atoms in total. The lowest BCUT2D eigenvalue weighted by Crippen LogP contribution is -2.39. The first-order chi connectivity index (χ1) is 3.66. The molecule has 0 aromatic rings. The highest BCUT2D eigenvalue weighted by Crippen LogP contribution is 1.69. The molecule has 48 valence electrons. The van der Waals surface area contributed by atoms with Crippen molar-refractivity contribution in [2.45, 2.75) is 20.0 Å². The maximum atomic E-state index is 10.3. The Bertz CT molecular complexity index is 82.5. The van der Waals surface area contributed by atoms with Crippen molar-refractivity contribution in [2.24, 2.45) is 0 Å². The van der Waals surface area contributed by atoms with Gasteiger partial charge in [0.15, 0.2) is 0 Å². The summed E-state index contributed by atoms with van der Waals surface area (Å²) in [6.07, 6.45) is 0.0764.